The van der Waals surface area contributed by atoms with Crippen molar-refractivity contribution in [1.82, 2.24) is 19.9 Å². The van der Waals surface area contributed by atoms with Gasteiger partial charge in [-0.05, 0) is 47.5 Å². The van der Waals surface area contributed by atoms with E-state index in [9.17, 15) is 0 Å². The minimum atomic E-state index is 0.896. The van der Waals surface area contributed by atoms with Crippen LogP contribution in [0.3, 0.4) is 0 Å². The van der Waals surface area contributed by atoms with E-state index >= 15 is 0 Å². The Balaban J connectivity index is 1.28. The van der Waals surface area contributed by atoms with Gasteiger partial charge in [0.05, 0.1) is 33.6 Å². The smallest absolute Gasteiger partial charge is 0.0972 e. The second kappa shape index (κ2) is 10.7. The number of fused-ring (bicyclic) bond motifs is 6. The lowest BCUT2D eigenvalue weighted by molar-refractivity contribution is 1.31. The molecule has 0 amide bonds. The van der Waals surface area contributed by atoms with Gasteiger partial charge in [-0.1, -0.05) is 109 Å². The zero-order valence-electron chi connectivity index (χ0n) is 24.8. The van der Waals surface area contributed by atoms with E-state index in [0.29, 0.717) is 0 Å². The topological polar surface area (TPSA) is 51.6 Å². The Bertz CT molecular complexity index is 2560. The van der Waals surface area contributed by atoms with E-state index in [-0.39, 0.29) is 0 Å². The van der Waals surface area contributed by atoms with E-state index in [2.05, 4.69) is 126 Å². The Labute approximate surface area is 265 Å². The highest BCUT2D eigenvalue weighted by atomic mass is 14.8. The zero-order chi connectivity index (χ0) is 30.5. The van der Waals surface area contributed by atoms with Crippen LogP contribution in [0.5, 0.6) is 0 Å². The third-order valence-electron chi connectivity index (χ3n) is 8.72. The molecule has 4 heteroatoms. The molecule has 214 valence electrons. The first-order valence-electron chi connectivity index (χ1n) is 15.4. The van der Waals surface area contributed by atoms with E-state index in [4.69, 9.17) is 15.0 Å². The van der Waals surface area contributed by atoms with Crippen molar-refractivity contribution >= 4 is 43.5 Å². The maximum atomic E-state index is 5.25. The Hall–Kier alpha value is -6.26. The molecule has 0 aliphatic carbocycles. The summed E-state index contributed by atoms with van der Waals surface area (Å²) in [6.45, 7) is 0. The maximum Gasteiger partial charge on any atom is 0.0972 e. The SMILES string of the molecule is c1ccc(-c2ccc3ccc4ccc(-c5ccc6nc(-c7cccnc7)c7cccc(-c8ccccc8)c7c6c5)nc4c3n2)cc1. The normalized spacial score (nSPS) is 11.5. The summed E-state index contributed by atoms with van der Waals surface area (Å²) in [7, 11) is 0. The molecule has 0 spiro atoms. The van der Waals surface area contributed by atoms with Crippen molar-refractivity contribution in [2.24, 2.45) is 0 Å². The fraction of sp³-hybridized carbons (Fsp3) is 0. The molecular weight excluding hydrogens is 560 g/mol. The van der Waals surface area contributed by atoms with Gasteiger partial charge in [0, 0.05) is 56.0 Å². The van der Waals surface area contributed by atoms with E-state index in [0.717, 1.165) is 71.9 Å². The maximum absolute atomic E-state index is 5.25. The molecule has 9 rings (SSSR count). The molecule has 5 aromatic carbocycles. The number of hydrogen-bond acceptors (Lipinski definition) is 4. The molecular formula is C42H26N4. The summed E-state index contributed by atoms with van der Waals surface area (Å²) < 4.78 is 0. The van der Waals surface area contributed by atoms with Crippen LogP contribution in [-0.4, -0.2) is 19.9 Å². The molecule has 4 aromatic heterocycles. The van der Waals surface area contributed by atoms with Gasteiger partial charge in [-0.3, -0.25) is 4.98 Å². The highest BCUT2D eigenvalue weighted by Crippen LogP contribution is 2.40. The molecule has 4 heterocycles. The number of rotatable bonds is 4. The Kier molecular flexibility index (Phi) is 6.10. The second-order valence-electron chi connectivity index (χ2n) is 11.5. The summed E-state index contributed by atoms with van der Waals surface area (Å²) in [5.41, 5.74) is 10.9. The molecule has 0 atom stereocenters. The molecule has 0 saturated heterocycles. The molecule has 0 fully saturated rings. The van der Waals surface area contributed by atoms with Gasteiger partial charge in [0.1, 0.15) is 0 Å². The third kappa shape index (κ3) is 4.39. The van der Waals surface area contributed by atoms with Gasteiger partial charge in [0.2, 0.25) is 0 Å². The van der Waals surface area contributed by atoms with Crippen LogP contribution in [0.2, 0.25) is 0 Å². The molecule has 0 radical (unpaired) electrons. The number of benzene rings is 5. The van der Waals surface area contributed by atoms with Gasteiger partial charge in [0.25, 0.3) is 0 Å². The molecule has 9 aromatic rings. The highest BCUT2D eigenvalue weighted by Gasteiger charge is 2.16. The van der Waals surface area contributed by atoms with Crippen molar-refractivity contribution in [3.05, 3.63) is 158 Å². The van der Waals surface area contributed by atoms with Crippen molar-refractivity contribution in [2.45, 2.75) is 0 Å². The first-order chi connectivity index (χ1) is 22.8. The van der Waals surface area contributed by atoms with Crippen molar-refractivity contribution in [1.29, 1.82) is 0 Å². The molecule has 46 heavy (non-hydrogen) atoms. The largest absolute Gasteiger partial charge is 0.264 e. The van der Waals surface area contributed by atoms with Crippen molar-refractivity contribution in [3.8, 4) is 44.9 Å². The fourth-order valence-electron chi connectivity index (χ4n) is 6.49. The minimum absolute atomic E-state index is 0.896. The van der Waals surface area contributed by atoms with Crippen LogP contribution in [0, 0.1) is 0 Å². The van der Waals surface area contributed by atoms with E-state index < -0.39 is 0 Å². The molecule has 0 N–H and O–H groups in total. The van der Waals surface area contributed by atoms with E-state index in [1.54, 1.807) is 6.20 Å². The summed E-state index contributed by atoms with van der Waals surface area (Å²) in [6.07, 6.45) is 3.68. The predicted octanol–water partition coefficient (Wildman–Crippen LogP) is 10.5. The van der Waals surface area contributed by atoms with Crippen LogP contribution in [0.15, 0.2) is 158 Å². The van der Waals surface area contributed by atoms with E-state index in [1.807, 2.05) is 30.5 Å². The van der Waals surface area contributed by atoms with Crippen molar-refractivity contribution in [3.63, 3.8) is 0 Å². The van der Waals surface area contributed by atoms with Gasteiger partial charge in [-0.15, -0.1) is 0 Å². The first kappa shape index (κ1) is 26.2. The van der Waals surface area contributed by atoms with Crippen LogP contribution in [-0.2, 0) is 0 Å². The summed E-state index contributed by atoms with van der Waals surface area (Å²) in [5, 5.41) is 5.48. The number of nitrogens with zero attached hydrogens (tertiary/aromatic N) is 4. The number of aromatic nitrogens is 4. The quantitative estimate of drug-likeness (QED) is 0.193. The molecule has 0 unspecified atom stereocenters. The van der Waals surface area contributed by atoms with Crippen LogP contribution in [0.4, 0.5) is 0 Å². The minimum Gasteiger partial charge on any atom is -0.264 e. The average Bonchev–Trinajstić information content (AvgIpc) is 3.14. The summed E-state index contributed by atoms with van der Waals surface area (Å²) >= 11 is 0. The van der Waals surface area contributed by atoms with E-state index in [1.165, 1.54) is 16.5 Å². The monoisotopic (exact) mass is 586 g/mol. The van der Waals surface area contributed by atoms with Crippen molar-refractivity contribution < 1.29 is 0 Å². The van der Waals surface area contributed by atoms with Crippen LogP contribution in [0.25, 0.3) is 88.4 Å². The second-order valence-corrected chi connectivity index (χ2v) is 11.5. The third-order valence-corrected chi connectivity index (χ3v) is 8.72. The van der Waals surface area contributed by atoms with Gasteiger partial charge in [0.15, 0.2) is 0 Å². The van der Waals surface area contributed by atoms with Gasteiger partial charge < -0.3 is 0 Å². The summed E-state index contributed by atoms with van der Waals surface area (Å²) in [4.78, 5) is 20.0. The predicted molar refractivity (Wildman–Crippen MR) is 189 cm³/mol. The molecule has 0 aliphatic heterocycles. The average molecular weight is 587 g/mol. The molecule has 0 aliphatic rings. The fourth-order valence-corrected chi connectivity index (χ4v) is 6.49. The Morgan fingerprint density at radius 3 is 1.76 bits per heavy atom. The number of pyridine rings is 4. The lowest BCUT2D eigenvalue weighted by atomic mass is 9.92. The van der Waals surface area contributed by atoms with Crippen molar-refractivity contribution in [2.75, 3.05) is 0 Å². The Morgan fingerprint density at radius 1 is 0.413 bits per heavy atom. The first-order valence-corrected chi connectivity index (χ1v) is 15.4. The number of hydrogen-bond donors (Lipinski definition) is 0. The van der Waals surface area contributed by atoms with Crippen LogP contribution >= 0.6 is 0 Å². The zero-order valence-corrected chi connectivity index (χ0v) is 24.8. The molecule has 4 nitrogen and oxygen atoms in total. The summed E-state index contributed by atoms with van der Waals surface area (Å²) in [6, 6.07) is 50.6. The van der Waals surface area contributed by atoms with Gasteiger partial charge >= 0.3 is 0 Å². The van der Waals surface area contributed by atoms with Crippen LogP contribution in [0.1, 0.15) is 0 Å². The van der Waals surface area contributed by atoms with Gasteiger partial charge in [-0.25, -0.2) is 15.0 Å². The lowest BCUT2D eigenvalue weighted by Gasteiger charge is -2.15. The van der Waals surface area contributed by atoms with Crippen LogP contribution < -0.4 is 0 Å². The van der Waals surface area contributed by atoms with Gasteiger partial charge in [-0.2, -0.15) is 0 Å². The highest BCUT2D eigenvalue weighted by molar-refractivity contribution is 6.17. The molecule has 0 saturated carbocycles. The lowest BCUT2D eigenvalue weighted by Crippen LogP contribution is -1.94. The Morgan fingerprint density at radius 2 is 1.07 bits per heavy atom. The summed E-state index contributed by atoms with van der Waals surface area (Å²) in [5.74, 6) is 0. The standard InChI is InChI=1S/C42H26N4/c1-3-9-27(10-4-1)33-14-7-15-34-39(33)35-25-31(20-23-38(35)46-40(34)32-13-8-24-43-26-32)37-22-19-30-17-16-29-18-21-36(28-11-5-2-6-12-28)44-41(29)42(30)45-37/h1-26H. The molecule has 0 bridgehead atoms.